The van der Waals surface area contributed by atoms with Crippen LogP contribution in [0.15, 0.2) is 30.7 Å². The minimum Gasteiger partial charge on any atom is -0.382 e. The summed E-state index contributed by atoms with van der Waals surface area (Å²) >= 11 is 0. The van der Waals surface area contributed by atoms with Gasteiger partial charge in [-0.2, -0.15) is 5.10 Å². The summed E-state index contributed by atoms with van der Waals surface area (Å²) in [6.45, 7) is -2.55. The third-order valence-corrected chi connectivity index (χ3v) is 1.52. The van der Waals surface area contributed by atoms with Crippen molar-refractivity contribution in [3.63, 3.8) is 0 Å². The average Bonchev–Trinajstić information content (AvgIpc) is 2.54. The topological polar surface area (TPSA) is 56.7 Å². The van der Waals surface area contributed by atoms with Gasteiger partial charge in [0.05, 0.1) is 8.91 Å². The number of nitrogens with zero attached hydrogens (tertiary/aromatic N) is 3. The first-order valence-electron chi connectivity index (χ1n) is 6.10. The Balaban J connectivity index is 2.66. The van der Waals surface area contributed by atoms with Gasteiger partial charge in [-0.1, -0.05) is 0 Å². The Kier molecular flexibility index (Phi) is 0.871. The highest BCUT2D eigenvalue weighted by Crippen LogP contribution is 2.12. The fourth-order valence-corrected chi connectivity index (χ4v) is 0.958. The number of nitrogen functional groups attached to an aromatic ring is 1. The van der Waals surface area contributed by atoms with E-state index in [1.165, 1.54) is 6.20 Å². The molecule has 2 aromatic heterocycles. The lowest BCUT2D eigenvalue weighted by Crippen LogP contribution is -2.01. The molecule has 0 atom stereocenters. The minimum absolute atomic E-state index is 0.116. The third-order valence-electron chi connectivity index (χ3n) is 1.52. The molecule has 0 fully saturated rings. The molecule has 13 heavy (non-hydrogen) atoms. The summed E-state index contributed by atoms with van der Waals surface area (Å²) in [7, 11) is 0. The summed E-state index contributed by atoms with van der Waals surface area (Å²) in [5.74, 6) is 0.116. The molecule has 0 saturated heterocycles. The summed E-state index contributed by atoms with van der Waals surface area (Å²) < 4.78 is 38.2. The monoisotopic (exact) mass is 179 g/mol. The van der Waals surface area contributed by atoms with Crippen molar-refractivity contribution in [2.75, 3.05) is 5.73 Å². The van der Waals surface area contributed by atoms with E-state index in [0.717, 1.165) is 4.68 Å². The Morgan fingerprint density at radius 3 is 3.31 bits per heavy atom. The van der Waals surface area contributed by atoms with E-state index < -0.39 is 18.6 Å². The van der Waals surface area contributed by atoms with Crippen molar-refractivity contribution >= 4 is 5.82 Å². The molecular weight excluding hydrogens is 164 g/mol. The summed E-state index contributed by atoms with van der Waals surface area (Å²) in [6, 6.07) is 3.14. The summed E-state index contributed by atoms with van der Waals surface area (Å²) in [5, 5.41) is 3.72. The average molecular weight is 179 g/mol. The van der Waals surface area contributed by atoms with Gasteiger partial charge in [-0.15, -0.1) is 0 Å². The highest BCUT2D eigenvalue weighted by Gasteiger charge is 2.01. The fraction of sp³-hybridized carbons (Fsp3) is 0.111. The SMILES string of the molecule is [2H]c1nn(-c2cccnc2N)c([2H])c1C([2H])([2H])[2H]. The number of hydrogen-bond donors (Lipinski definition) is 1. The summed E-state index contributed by atoms with van der Waals surface area (Å²) in [4.78, 5) is 3.83. The summed E-state index contributed by atoms with van der Waals surface area (Å²) in [5.41, 5.74) is 5.52. The Morgan fingerprint density at radius 1 is 1.69 bits per heavy atom. The smallest absolute Gasteiger partial charge is 0.149 e. The second-order valence-electron chi connectivity index (χ2n) is 2.42. The lowest BCUT2D eigenvalue weighted by molar-refractivity contribution is 0.877. The van der Waals surface area contributed by atoms with Gasteiger partial charge in [-0.3, -0.25) is 0 Å². The molecule has 0 bridgehead atoms. The van der Waals surface area contributed by atoms with E-state index >= 15 is 0 Å². The Bertz CT molecular complexity index is 589. The van der Waals surface area contributed by atoms with E-state index in [1.807, 2.05) is 0 Å². The maximum Gasteiger partial charge on any atom is 0.149 e. The molecule has 0 unspecified atom stereocenters. The van der Waals surface area contributed by atoms with Crippen molar-refractivity contribution in [1.82, 2.24) is 14.8 Å². The van der Waals surface area contributed by atoms with Gasteiger partial charge >= 0.3 is 0 Å². The number of pyridine rings is 1. The number of hydrogen-bond acceptors (Lipinski definition) is 3. The second kappa shape index (κ2) is 2.90. The predicted octanol–water partition coefficient (Wildman–Crippen LogP) is 1.16. The van der Waals surface area contributed by atoms with Gasteiger partial charge < -0.3 is 5.73 Å². The Labute approximate surface area is 83.0 Å². The van der Waals surface area contributed by atoms with Gasteiger partial charge in [0.1, 0.15) is 11.5 Å². The van der Waals surface area contributed by atoms with Gasteiger partial charge in [-0.25, -0.2) is 9.67 Å². The second-order valence-corrected chi connectivity index (χ2v) is 2.42. The third kappa shape index (κ3) is 1.38. The van der Waals surface area contributed by atoms with Crippen LogP contribution in [0.3, 0.4) is 0 Å². The van der Waals surface area contributed by atoms with E-state index in [4.69, 9.17) is 12.6 Å². The van der Waals surface area contributed by atoms with E-state index in [9.17, 15) is 0 Å². The maximum absolute atomic E-state index is 7.79. The van der Waals surface area contributed by atoms with Gasteiger partial charge in [-0.05, 0) is 24.5 Å². The van der Waals surface area contributed by atoms with Crippen LogP contribution in [0.25, 0.3) is 5.69 Å². The zero-order valence-corrected chi connectivity index (χ0v) is 6.65. The lowest BCUT2D eigenvalue weighted by Gasteiger charge is -2.02. The molecule has 0 radical (unpaired) electrons. The largest absolute Gasteiger partial charge is 0.382 e. The maximum atomic E-state index is 7.79. The first-order chi connectivity index (χ1) is 8.32. The van der Waals surface area contributed by atoms with Gasteiger partial charge in [0.25, 0.3) is 0 Å². The molecular formula is C9H10N4. The summed E-state index contributed by atoms with van der Waals surface area (Å²) in [6.07, 6.45) is 0.640. The van der Waals surface area contributed by atoms with Crippen LogP contribution in [0.4, 0.5) is 5.82 Å². The fourth-order valence-electron chi connectivity index (χ4n) is 0.958. The molecule has 0 aliphatic heterocycles. The molecule has 0 aliphatic carbocycles. The molecule has 0 amide bonds. The molecule has 2 heterocycles. The van der Waals surface area contributed by atoms with Crippen LogP contribution in [0.1, 0.15) is 12.4 Å². The molecule has 2 N–H and O–H groups in total. The van der Waals surface area contributed by atoms with Gasteiger partial charge in [0.2, 0.25) is 0 Å². The van der Waals surface area contributed by atoms with Crippen molar-refractivity contribution in [2.24, 2.45) is 0 Å². The van der Waals surface area contributed by atoms with Gasteiger partial charge in [0.15, 0.2) is 0 Å². The highest BCUT2D eigenvalue weighted by atomic mass is 15.3. The number of nitrogens with two attached hydrogens (primary N) is 1. The van der Waals surface area contributed by atoms with Crippen LogP contribution >= 0.6 is 0 Å². The van der Waals surface area contributed by atoms with Crippen molar-refractivity contribution in [1.29, 1.82) is 0 Å². The standard InChI is InChI=1S/C9H10N4/c1-7-5-12-13(6-7)8-3-2-4-11-9(8)10/h2-6H,1H3,(H2,10,11)/i1D3,5D,6D. The van der Waals surface area contributed by atoms with E-state index in [1.54, 1.807) is 12.1 Å². The highest BCUT2D eigenvalue weighted by molar-refractivity contribution is 5.50. The first kappa shape index (κ1) is 3.91. The van der Waals surface area contributed by atoms with Crippen molar-refractivity contribution in [2.45, 2.75) is 6.85 Å². The number of aromatic nitrogens is 3. The normalized spacial score (nSPS) is 16.8. The van der Waals surface area contributed by atoms with Crippen LogP contribution < -0.4 is 5.73 Å². The van der Waals surface area contributed by atoms with E-state index in [-0.39, 0.29) is 17.7 Å². The van der Waals surface area contributed by atoms with Crippen LogP contribution in [0.5, 0.6) is 0 Å². The van der Waals surface area contributed by atoms with Crippen LogP contribution in [-0.4, -0.2) is 14.8 Å². The van der Waals surface area contributed by atoms with E-state index in [2.05, 4.69) is 10.1 Å². The molecule has 4 nitrogen and oxygen atoms in total. The van der Waals surface area contributed by atoms with Crippen LogP contribution in [-0.2, 0) is 0 Å². The molecule has 2 rings (SSSR count). The van der Waals surface area contributed by atoms with Gasteiger partial charge in [0, 0.05) is 16.5 Å². The van der Waals surface area contributed by atoms with E-state index in [0.29, 0.717) is 0 Å². The predicted molar refractivity (Wildman–Crippen MR) is 50.5 cm³/mol. The quantitative estimate of drug-likeness (QED) is 0.714. The van der Waals surface area contributed by atoms with Crippen molar-refractivity contribution in [3.05, 3.63) is 36.2 Å². The minimum atomic E-state index is -2.55. The van der Waals surface area contributed by atoms with Crippen molar-refractivity contribution < 1.29 is 6.85 Å². The lowest BCUT2D eigenvalue weighted by atomic mass is 10.4. The zero-order chi connectivity index (χ0) is 13.5. The zero-order valence-electron chi connectivity index (χ0n) is 11.7. The number of anilines is 1. The van der Waals surface area contributed by atoms with Crippen LogP contribution in [0, 0.1) is 6.85 Å². The Hall–Kier alpha value is -1.84. The van der Waals surface area contributed by atoms with Crippen molar-refractivity contribution in [3.8, 4) is 5.69 Å². The molecule has 0 spiro atoms. The van der Waals surface area contributed by atoms with Crippen LogP contribution in [0.2, 0.25) is 0 Å². The molecule has 0 aromatic carbocycles. The number of rotatable bonds is 1. The molecule has 66 valence electrons. The molecule has 4 heteroatoms. The Morgan fingerprint density at radius 2 is 2.62 bits per heavy atom. The molecule has 2 aromatic rings. The first-order valence-corrected chi connectivity index (χ1v) is 3.60. The molecule has 0 aliphatic rings. The molecule has 0 saturated carbocycles.